The molecule has 2 aromatic rings. The van der Waals surface area contributed by atoms with Crippen LogP contribution in [0.5, 0.6) is 0 Å². The number of imide groups is 1. The van der Waals surface area contributed by atoms with E-state index in [2.05, 4.69) is 10.6 Å². The summed E-state index contributed by atoms with van der Waals surface area (Å²) in [6.45, 7) is 4.68. The first-order valence-electron chi connectivity index (χ1n) is 7.14. The normalized spacial score (nSPS) is 10.6. The minimum atomic E-state index is -0.752. The van der Waals surface area contributed by atoms with Gasteiger partial charge in [0.15, 0.2) is 6.61 Å². The van der Waals surface area contributed by atoms with E-state index in [4.69, 9.17) is 9.15 Å². The Kier molecular flexibility index (Phi) is 5.00. The van der Waals surface area contributed by atoms with E-state index in [1.165, 1.54) is 0 Å². The van der Waals surface area contributed by atoms with Gasteiger partial charge in [0, 0.05) is 17.0 Å². The number of benzene rings is 1. The first kappa shape index (κ1) is 16.5. The molecule has 2 N–H and O–H groups in total. The number of para-hydroxylation sites is 1. The first-order valence-corrected chi connectivity index (χ1v) is 7.14. The van der Waals surface area contributed by atoms with Crippen LogP contribution in [0.3, 0.4) is 0 Å². The molecule has 0 spiro atoms. The lowest BCUT2D eigenvalue weighted by Gasteiger charge is -2.09. The van der Waals surface area contributed by atoms with Gasteiger partial charge in [0.1, 0.15) is 5.58 Å². The van der Waals surface area contributed by atoms with Crippen LogP contribution in [0.2, 0.25) is 0 Å². The number of rotatable bonds is 4. The summed E-state index contributed by atoms with van der Waals surface area (Å²) < 4.78 is 10.3. The summed E-state index contributed by atoms with van der Waals surface area (Å²) >= 11 is 0. The number of aryl methyl sites for hydroxylation is 1. The molecule has 7 nitrogen and oxygen atoms in total. The Morgan fingerprint density at radius 3 is 2.57 bits per heavy atom. The van der Waals surface area contributed by atoms with Gasteiger partial charge < -0.3 is 14.5 Å². The molecule has 1 heterocycles. The molecule has 0 bridgehead atoms. The van der Waals surface area contributed by atoms with Crippen LogP contribution < -0.4 is 10.6 Å². The molecule has 1 aromatic heterocycles. The number of urea groups is 1. The van der Waals surface area contributed by atoms with Gasteiger partial charge in [-0.1, -0.05) is 18.2 Å². The standard InChI is InChI=1S/C16H18N2O5/c1-9(2)17-16(21)18-13(19)8-22-15(20)14-10(3)11-6-4-5-7-12(11)23-14/h4-7,9H,8H2,1-3H3,(H2,17,18,19,21). The fourth-order valence-corrected chi connectivity index (χ4v) is 2.03. The number of nitrogens with one attached hydrogen (secondary N) is 2. The predicted octanol–water partition coefficient (Wildman–Crippen LogP) is 2.13. The summed E-state index contributed by atoms with van der Waals surface area (Å²) in [5.74, 6) is -1.42. The monoisotopic (exact) mass is 318 g/mol. The van der Waals surface area contributed by atoms with Gasteiger partial charge in [-0.3, -0.25) is 10.1 Å². The molecule has 0 radical (unpaired) electrons. The van der Waals surface area contributed by atoms with Crippen LogP contribution in [0.4, 0.5) is 4.79 Å². The Morgan fingerprint density at radius 1 is 1.22 bits per heavy atom. The molecular weight excluding hydrogens is 300 g/mol. The minimum absolute atomic E-state index is 0.0469. The summed E-state index contributed by atoms with van der Waals surface area (Å²) in [6, 6.07) is 6.45. The predicted molar refractivity (Wildman–Crippen MR) is 83.0 cm³/mol. The lowest BCUT2D eigenvalue weighted by atomic mass is 10.1. The SMILES string of the molecule is Cc1c(C(=O)OCC(=O)NC(=O)NC(C)C)oc2ccccc12. The van der Waals surface area contributed by atoms with Crippen molar-refractivity contribution >= 4 is 28.9 Å². The van der Waals surface area contributed by atoms with Crippen molar-refractivity contribution in [2.45, 2.75) is 26.8 Å². The number of carbonyl (C=O) groups excluding carboxylic acids is 3. The summed E-state index contributed by atoms with van der Waals surface area (Å²) in [6.07, 6.45) is 0. The second-order valence-corrected chi connectivity index (χ2v) is 5.30. The molecule has 23 heavy (non-hydrogen) atoms. The highest BCUT2D eigenvalue weighted by atomic mass is 16.5. The minimum Gasteiger partial charge on any atom is -0.450 e. The zero-order valence-corrected chi connectivity index (χ0v) is 13.1. The van der Waals surface area contributed by atoms with Crippen LogP contribution in [-0.4, -0.2) is 30.6 Å². The van der Waals surface area contributed by atoms with E-state index in [-0.39, 0.29) is 11.8 Å². The zero-order valence-electron chi connectivity index (χ0n) is 13.1. The molecule has 0 saturated carbocycles. The fraction of sp³-hybridized carbons (Fsp3) is 0.312. The van der Waals surface area contributed by atoms with Crippen molar-refractivity contribution in [3.05, 3.63) is 35.6 Å². The average molecular weight is 318 g/mol. The maximum absolute atomic E-state index is 12.0. The molecule has 7 heteroatoms. The summed E-state index contributed by atoms with van der Waals surface area (Å²) in [5, 5.41) is 5.36. The lowest BCUT2D eigenvalue weighted by Crippen LogP contribution is -2.44. The van der Waals surface area contributed by atoms with Gasteiger partial charge in [0.25, 0.3) is 5.91 Å². The van der Waals surface area contributed by atoms with Crippen LogP contribution in [0, 0.1) is 6.92 Å². The Morgan fingerprint density at radius 2 is 1.91 bits per heavy atom. The third kappa shape index (κ3) is 4.09. The number of esters is 1. The van der Waals surface area contributed by atoms with E-state index in [1.807, 2.05) is 12.1 Å². The van der Waals surface area contributed by atoms with Crippen molar-refractivity contribution in [3.8, 4) is 0 Å². The number of amides is 3. The molecule has 3 amide bonds. The van der Waals surface area contributed by atoms with Gasteiger partial charge in [0.05, 0.1) is 0 Å². The summed E-state index contributed by atoms with van der Waals surface area (Å²) in [5.41, 5.74) is 1.21. The molecule has 2 rings (SSSR count). The second-order valence-electron chi connectivity index (χ2n) is 5.30. The van der Waals surface area contributed by atoms with Gasteiger partial charge in [0.2, 0.25) is 5.76 Å². The molecule has 0 aliphatic heterocycles. The van der Waals surface area contributed by atoms with E-state index in [0.29, 0.717) is 11.1 Å². The highest BCUT2D eigenvalue weighted by Crippen LogP contribution is 2.25. The van der Waals surface area contributed by atoms with Crippen molar-refractivity contribution < 1.29 is 23.5 Å². The number of ether oxygens (including phenoxy) is 1. The first-order chi connectivity index (χ1) is 10.9. The van der Waals surface area contributed by atoms with E-state index in [1.54, 1.807) is 32.9 Å². The topological polar surface area (TPSA) is 97.6 Å². The second kappa shape index (κ2) is 6.95. The van der Waals surface area contributed by atoms with Gasteiger partial charge >= 0.3 is 12.0 Å². The van der Waals surface area contributed by atoms with E-state index in [0.717, 1.165) is 5.39 Å². The number of fused-ring (bicyclic) bond motifs is 1. The molecule has 122 valence electrons. The molecule has 0 unspecified atom stereocenters. The quantitative estimate of drug-likeness (QED) is 0.842. The van der Waals surface area contributed by atoms with Gasteiger partial charge in [-0.25, -0.2) is 9.59 Å². The number of furan rings is 1. The van der Waals surface area contributed by atoms with Gasteiger partial charge in [-0.15, -0.1) is 0 Å². The zero-order chi connectivity index (χ0) is 17.0. The molecular formula is C16H18N2O5. The highest BCUT2D eigenvalue weighted by molar-refractivity contribution is 5.98. The third-order valence-corrected chi connectivity index (χ3v) is 3.04. The van der Waals surface area contributed by atoms with Gasteiger partial charge in [-0.2, -0.15) is 0 Å². The van der Waals surface area contributed by atoms with Crippen molar-refractivity contribution in [2.75, 3.05) is 6.61 Å². The Labute approximate surface area is 133 Å². The highest BCUT2D eigenvalue weighted by Gasteiger charge is 2.20. The van der Waals surface area contributed by atoms with Crippen LogP contribution in [0.1, 0.15) is 30.0 Å². The maximum Gasteiger partial charge on any atom is 0.375 e. The van der Waals surface area contributed by atoms with Crippen LogP contribution in [0.15, 0.2) is 28.7 Å². The van der Waals surface area contributed by atoms with Crippen LogP contribution >= 0.6 is 0 Å². The van der Waals surface area contributed by atoms with Crippen LogP contribution in [-0.2, 0) is 9.53 Å². The lowest BCUT2D eigenvalue weighted by molar-refractivity contribution is -0.123. The Bertz CT molecular complexity index is 748. The molecule has 0 fully saturated rings. The number of hydrogen-bond acceptors (Lipinski definition) is 5. The van der Waals surface area contributed by atoms with Crippen LogP contribution in [0.25, 0.3) is 11.0 Å². The van der Waals surface area contributed by atoms with E-state index < -0.39 is 24.5 Å². The van der Waals surface area contributed by atoms with Crippen molar-refractivity contribution in [1.82, 2.24) is 10.6 Å². The van der Waals surface area contributed by atoms with E-state index in [9.17, 15) is 14.4 Å². The average Bonchev–Trinajstić information content (AvgIpc) is 2.81. The molecule has 0 aliphatic rings. The van der Waals surface area contributed by atoms with Crippen molar-refractivity contribution in [1.29, 1.82) is 0 Å². The van der Waals surface area contributed by atoms with E-state index >= 15 is 0 Å². The maximum atomic E-state index is 12.0. The fourth-order valence-electron chi connectivity index (χ4n) is 2.03. The summed E-state index contributed by atoms with van der Waals surface area (Å²) in [7, 11) is 0. The Balaban J connectivity index is 1.95. The largest absolute Gasteiger partial charge is 0.450 e. The molecule has 0 aliphatic carbocycles. The molecule has 0 saturated heterocycles. The third-order valence-electron chi connectivity index (χ3n) is 3.04. The number of carbonyl (C=O) groups is 3. The van der Waals surface area contributed by atoms with Gasteiger partial charge in [-0.05, 0) is 26.8 Å². The smallest absolute Gasteiger partial charge is 0.375 e. The summed E-state index contributed by atoms with van der Waals surface area (Å²) in [4.78, 5) is 34.9. The molecule has 0 atom stereocenters. The van der Waals surface area contributed by atoms with Crippen molar-refractivity contribution in [3.63, 3.8) is 0 Å². The Hall–Kier alpha value is -2.83. The molecule has 1 aromatic carbocycles. The number of hydrogen-bond donors (Lipinski definition) is 2. The van der Waals surface area contributed by atoms with Crippen molar-refractivity contribution in [2.24, 2.45) is 0 Å².